The first-order chi connectivity index (χ1) is 11.4. The third-order valence-corrected chi connectivity index (χ3v) is 4.63. The number of fused-ring (bicyclic) bond motifs is 1. The number of hydrogen-bond acceptors (Lipinski definition) is 5. The van der Waals surface area contributed by atoms with Crippen molar-refractivity contribution in [1.29, 1.82) is 0 Å². The van der Waals surface area contributed by atoms with Gasteiger partial charge in [0, 0.05) is 19.1 Å². The van der Waals surface area contributed by atoms with Gasteiger partial charge in [0.2, 0.25) is 0 Å². The van der Waals surface area contributed by atoms with Crippen molar-refractivity contribution in [3.05, 3.63) is 38.2 Å². The number of rotatable bonds is 2. The summed E-state index contributed by atoms with van der Waals surface area (Å²) >= 11 is 0. The highest BCUT2D eigenvalue weighted by atomic mass is 16.2. The molecule has 0 aromatic carbocycles. The van der Waals surface area contributed by atoms with Gasteiger partial charge in [-0.15, -0.1) is 0 Å². The van der Waals surface area contributed by atoms with Crippen molar-refractivity contribution in [3.8, 4) is 0 Å². The molecule has 2 atom stereocenters. The number of aromatic amines is 2. The SMILES string of the molecule is Cc1cc(C(=O)N2CCC(C)CC2CN)nc2[nH]c(=O)[nH]c(=O)c12. The van der Waals surface area contributed by atoms with Crippen LogP contribution in [-0.4, -0.2) is 44.9 Å². The van der Waals surface area contributed by atoms with E-state index in [-0.39, 0.29) is 28.7 Å². The first-order valence-corrected chi connectivity index (χ1v) is 8.05. The largest absolute Gasteiger partial charge is 0.333 e. The van der Waals surface area contributed by atoms with Crippen LogP contribution in [-0.2, 0) is 0 Å². The number of likely N-dealkylation sites (tertiary alicyclic amines) is 1. The van der Waals surface area contributed by atoms with Crippen LogP contribution in [0.3, 0.4) is 0 Å². The number of piperidine rings is 1. The van der Waals surface area contributed by atoms with E-state index in [9.17, 15) is 14.4 Å². The van der Waals surface area contributed by atoms with E-state index in [2.05, 4.69) is 21.9 Å². The lowest BCUT2D eigenvalue weighted by atomic mass is 9.92. The van der Waals surface area contributed by atoms with Crippen LogP contribution < -0.4 is 17.0 Å². The molecule has 128 valence electrons. The molecule has 1 aliphatic rings. The van der Waals surface area contributed by atoms with Crippen molar-refractivity contribution >= 4 is 16.9 Å². The molecule has 2 aromatic rings. The summed E-state index contributed by atoms with van der Waals surface area (Å²) in [7, 11) is 0. The molecular formula is C16H21N5O3. The average molecular weight is 331 g/mol. The van der Waals surface area contributed by atoms with Crippen molar-refractivity contribution in [2.75, 3.05) is 13.1 Å². The molecule has 0 radical (unpaired) electrons. The number of carbonyl (C=O) groups is 1. The average Bonchev–Trinajstić information content (AvgIpc) is 2.52. The maximum atomic E-state index is 12.9. The molecule has 1 amide bonds. The highest BCUT2D eigenvalue weighted by Crippen LogP contribution is 2.24. The van der Waals surface area contributed by atoms with E-state index in [0.29, 0.717) is 24.6 Å². The second kappa shape index (κ2) is 6.20. The molecule has 0 spiro atoms. The minimum Gasteiger partial charge on any atom is -0.333 e. The molecule has 0 bridgehead atoms. The second-order valence-electron chi connectivity index (χ2n) is 6.47. The molecular weight excluding hydrogens is 310 g/mol. The Bertz CT molecular complexity index is 901. The molecule has 1 fully saturated rings. The van der Waals surface area contributed by atoms with E-state index < -0.39 is 11.2 Å². The van der Waals surface area contributed by atoms with Crippen LogP contribution in [0, 0.1) is 12.8 Å². The summed E-state index contributed by atoms with van der Waals surface area (Å²) in [6.45, 7) is 4.90. The number of pyridine rings is 1. The molecule has 0 aliphatic carbocycles. The van der Waals surface area contributed by atoms with E-state index in [0.717, 1.165) is 12.8 Å². The van der Waals surface area contributed by atoms with Crippen molar-refractivity contribution in [1.82, 2.24) is 19.9 Å². The zero-order valence-electron chi connectivity index (χ0n) is 13.8. The Morgan fingerprint density at radius 2 is 2.17 bits per heavy atom. The third-order valence-electron chi connectivity index (χ3n) is 4.63. The Labute approximate surface area is 138 Å². The Hall–Kier alpha value is -2.48. The van der Waals surface area contributed by atoms with Crippen LogP contribution in [0.15, 0.2) is 15.7 Å². The van der Waals surface area contributed by atoms with Gasteiger partial charge in [-0.25, -0.2) is 9.78 Å². The molecule has 1 aliphatic heterocycles. The summed E-state index contributed by atoms with van der Waals surface area (Å²) in [5, 5.41) is 0.286. The smallest absolute Gasteiger partial charge is 0.327 e. The number of nitrogens with one attached hydrogen (secondary N) is 2. The van der Waals surface area contributed by atoms with Gasteiger partial charge < -0.3 is 10.6 Å². The van der Waals surface area contributed by atoms with Crippen LogP contribution in [0.5, 0.6) is 0 Å². The van der Waals surface area contributed by atoms with Crippen molar-refractivity contribution in [2.45, 2.75) is 32.7 Å². The van der Waals surface area contributed by atoms with Gasteiger partial charge in [0.05, 0.1) is 5.39 Å². The van der Waals surface area contributed by atoms with Gasteiger partial charge >= 0.3 is 5.69 Å². The van der Waals surface area contributed by atoms with Gasteiger partial charge in [-0.05, 0) is 37.3 Å². The van der Waals surface area contributed by atoms with Crippen LogP contribution in [0.4, 0.5) is 0 Å². The molecule has 1 saturated heterocycles. The number of hydrogen-bond donors (Lipinski definition) is 3. The minimum atomic E-state index is -0.643. The number of H-pyrrole nitrogens is 2. The minimum absolute atomic E-state index is 0.0164. The fourth-order valence-corrected chi connectivity index (χ4v) is 3.35. The lowest BCUT2D eigenvalue weighted by Crippen LogP contribution is -2.49. The lowest BCUT2D eigenvalue weighted by Gasteiger charge is -2.37. The number of aryl methyl sites for hydroxylation is 1. The predicted octanol–water partition coefficient (Wildman–Crippen LogP) is 0.119. The summed E-state index contributed by atoms with van der Waals surface area (Å²) in [4.78, 5) is 46.9. The number of carbonyl (C=O) groups excluding carboxylic acids is 1. The van der Waals surface area contributed by atoms with Crippen LogP contribution in [0.2, 0.25) is 0 Å². The van der Waals surface area contributed by atoms with Gasteiger partial charge in [-0.1, -0.05) is 6.92 Å². The molecule has 4 N–H and O–H groups in total. The number of nitrogens with zero attached hydrogens (tertiary/aromatic N) is 2. The van der Waals surface area contributed by atoms with Gasteiger partial charge in [0.1, 0.15) is 11.3 Å². The quantitative estimate of drug-likeness (QED) is 0.721. The van der Waals surface area contributed by atoms with Gasteiger partial charge in [0.25, 0.3) is 11.5 Å². The van der Waals surface area contributed by atoms with Crippen LogP contribution >= 0.6 is 0 Å². The molecule has 8 heteroatoms. The zero-order valence-corrected chi connectivity index (χ0v) is 13.8. The Balaban J connectivity index is 2.04. The Morgan fingerprint density at radius 3 is 2.88 bits per heavy atom. The molecule has 3 heterocycles. The lowest BCUT2D eigenvalue weighted by molar-refractivity contribution is 0.0568. The number of nitrogens with two attached hydrogens (primary N) is 1. The van der Waals surface area contributed by atoms with Crippen LogP contribution in [0.1, 0.15) is 35.8 Å². The zero-order chi connectivity index (χ0) is 17.4. The van der Waals surface area contributed by atoms with E-state index in [1.54, 1.807) is 17.9 Å². The number of amides is 1. The molecule has 2 aromatic heterocycles. The Kier molecular flexibility index (Phi) is 4.23. The molecule has 3 rings (SSSR count). The van der Waals surface area contributed by atoms with Gasteiger partial charge in [-0.3, -0.25) is 19.6 Å². The maximum absolute atomic E-state index is 12.9. The summed E-state index contributed by atoms with van der Waals surface area (Å²) in [6.07, 6.45) is 1.79. The normalized spacial score (nSPS) is 21.2. The molecule has 2 unspecified atom stereocenters. The van der Waals surface area contributed by atoms with Crippen LogP contribution in [0.25, 0.3) is 11.0 Å². The summed E-state index contributed by atoms with van der Waals surface area (Å²) in [6, 6.07) is 1.57. The fourth-order valence-electron chi connectivity index (χ4n) is 3.35. The summed E-state index contributed by atoms with van der Waals surface area (Å²) < 4.78 is 0. The monoisotopic (exact) mass is 331 g/mol. The van der Waals surface area contributed by atoms with Crippen molar-refractivity contribution < 1.29 is 4.79 Å². The standard InChI is InChI=1S/C16H21N5O3/c1-8-3-4-21(10(5-8)7-17)15(23)11-6-9(2)12-13(18-11)19-16(24)20-14(12)22/h6,8,10H,3-5,7,17H2,1-2H3,(H2,18,19,20,22,24). The van der Waals surface area contributed by atoms with Crippen molar-refractivity contribution in [2.24, 2.45) is 11.7 Å². The van der Waals surface area contributed by atoms with Crippen molar-refractivity contribution in [3.63, 3.8) is 0 Å². The third kappa shape index (κ3) is 2.84. The summed E-state index contributed by atoms with van der Waals surface area (Å²) in [5.41, 5.74) is 5.61. The topological polar surface area (TPSA) is 125 Å². The highest BCUT2D eigenvalue weighted by molar-refractivity contribution is 5.95. The van der Waals surface area contributed by atoms with Gasteiger partial charge in [-0.2, -0.15) is 0 Å². The number of aromatic nitrogens is 3. The molecule has 0 saturated carbocycles. The van der Waals surface area contributed by atoms with E-state index in [1.807, 2.05) is 0 Å². The summed E-state index contributed by atoms with van der Waals surface area (Å²) in [5.74, 6) is 0.312. The predicted molar refractivity (Wildman–Crippen MR) is 90.0 cm³/mol. The maximum Gasteiger partial charge on any atom is 0.327 e. The first-order valence-electron chi connectivity index (χ1n) is 8.05. The Morgan fingerprint density at radius 1 is 1.42 bits per heavy atom. The first kappa shape index (κ1) is 16.4. The van der Waals surface area contributed by atoms with E-state index in [1.165, 1.54) is 0 Å². The van der Waals surface area contributed by atoms with E-state index in [4.69, 9.17) is 5.73 Å². The van der Waals surface area contributed by atoms with E-state index >= 15 is 0 Å². The molecule has 24 heavy (non-hydrogen) atoms. The highest BCUT2D eigenvalue weighted by Gasteiger charge is 2.30. The second-order valence-corrected chi connectivity index (χ2v) is 6.47. The molecule has 8 nitrogen and oxygen atoms in total. The fraction of sp³-hybridized carbons (Fsp3) is 0.500. The van der Waals surface area contributed by atoms with Gasteiger partial charge in [0.15, 0.2) is 0 Å².